The Morgan fingerprint density at radius 2 is 1.91 bits per heavy atom. The topological polar surface area (TPSA) is 63.7 Å². The summed E-state index contributed by atoms with van der Waals surface area (Å²) in [6.45, 7) is 3.44. The fourth-order valence-electron chi connectivity index (χ4n) is 3.21. The van der Waals surface area contributed by atoms with Crippen molar-refractivity contribution in [1.82, 2.24) is 4.90 Å². The molecular formula is C16H21NO4S. The van der Waals surface area contributed by atoms with Crippen LogP contribution in [0.15, 0.2) is 24.3 Å². The van der Waals surface area contributed by atoms with Crippen LogP contribution in [0.25, 0.3) is 0 Å². The molecule has 1 aromatic rings. The molecule has 0 aromatic heterocycles. The highest BCUT2D eigenvalue weighted by Gasteiger charge is 2.43. The summed E-state index contributed by atoms with van der Waals surface area (Å²) in [4.78, 5) is 14.5. The number of benzene rings is 1. The minimum atomic E-state index is -2.94. The average Bonchev–Trinajstić information content (AvgIpc) is 2.51. The lowest BCUT2D eigenvalue weighted by atomic mass is 9.93. The minimum absolute atomic E-state index is 0.00852. The summed E-state index contributed by atoms with van der Waals surface area (Å²) in [6, 6.07) is 7.55. The number of sulfone groups is 1. The number of rotatable bonds is 1. The van der Waals surface area contributed by atoms with Crippen LogP contribution >= 0.6 is 0 Å². The third kappa shape index (κ3) is 3.03. The summed E-state index contributed by atoms with van der Waals surface area (Å²) in [7, 11) is -2.94. The van der Waals surface area contributed by atoms with E-state index >= 15 is 0 Å². The van der Waals surface area contributed by atoms with Crippen LogP contribution in [0.2, 0.25) is 0 Å². The van der Waals surface area contributed by atoms with Crippen LogP contribution in [0.5, 0.6) is 0 Å². The Balaban J connectivity index is 1.76. The quantitative estimate of drug-likeness (QED) is 0.784. The molecule has 5 nitrogen and oxygen atoms in total. The van der Waals surface area contributed by atoms with E-state index in [1.54, 1.807) is 0 Å². The second kappa shape index (κ2) is 5.66. The molecule has 2 heterocycles. The van der Waals surface area contributed by atoms with E-state index in [-0.39, 0.29) is 17.4 Å². The second-order valence-electron chi connectivity index (χ2n) is 6.22. The Bertz CT molecular complexity index is 669. The van der Waals surface area contributed by atoms with E-state index in [9.17, 15) is 13.2 Å². The monoisotopic (exact) mass is 323 g/mol. The van der Waals surface area contributed by atoms with E-state index in [1.807, 2.05) is 36.1 Å². The maximum Gasteiger partial charge on any atom is 0.254 e. The highest BCUT2D eigenvalue weighted by atomic mass is 32.2. The smallest absolute Gasteiger partial charge is 0.254 e. The van der Waals surface area contributed by atoms with Crippen LogP contribution in [0.3, 0.4) is 0 Å². The van der Waals surface area contributed by atoms with E-state index in [1.165, 1.54) is 0 Å². The summed E-state index contributed by atoms with van der Waals surface area (Å²) < 4.78 is 29.1. The van der Waals surface area contributed by atoms with Crippen molar-refractivity contribution in [1.29, 1.82) is 0 Å². The zero-order valence-electron chi connectivity index (χ0n) is 12.7. The van der Waals surface area contributed by atoms with Crippen molar-refractivity contribution < 1.29 is 17.9 Å². The van der Waals surface area contributed by atoms with Crippen LogP contribution in [-0.4, -0.2) is 56.0 Å². The average molecular weight is 323 g/mol. The number of amides is 1. The molecule has 0 bridgehead atoms. The summed E-state index contributed by atoms with van der Waals surface area (Å²) in [5.74, 6) is 0.313. The van der Waals surface area contributed by atoms with Crippen LogP contribution < -0.4 is 0 Å². The van der Waals surface area contributed by atoms with Crippen LogP contribution in [0, 0.1) is 6.92 Å². The van der Waals surface area contributed by atoms with Crippen LogP contribution in [-0.2, 0) is 14.6 Å². The summed E-state index contributed by atoms with van der Waals surface area (Å²) in [6.07, 6.45) is 0.958. The Morgan fingerprint density at radius 3 is 2.59 bits per heavy atom. The largest absolute Gasteiger partial charge is 0.371 e. The van der Waals surface area contributed by atoms with Gasteiger partial charge in [-0.05, 0) is 31.4 Å². The van der Waals surface area contributed by atoms with Gasteiger partial charge in [-0.15, -0.1) is 0 Å². The van der Waals surface area contributed by atoms with Gasteiger partial charge in [0, 0.05) is 12.1 Å². The number of carbonyl (C=O) groups is 1. The lowest BCUT2D eigenvalue weighted by Gasteiger charge is -2.44. The predicted molar refractivity (Wildman–Crippen MR) is 83.7 cm³/mol. The van der Waals surface area contributed by atoms with Crippen LogP contribution in [0.1, 0.15) is 28.8 Å². The predicted octanol–water partition coefficient (Wildman–Crippen LogP) is 1.41. The van der Waals surface area contributed by atoms with Crippen LogP contribution in [0.4, 0.5) is 0 Å². The standard InChI is InChI=1S/C16H21NO4S/c1-13-4-2-3-5-14(13)15(18)17-8-9-21-16(12-17)6-10-22(19,20)11-7-16/h2-5H,6-12H2,1H3. The summed E-state index contributed by atoms with van der Waals surface area (Å²) in [5, 5.41) is 0. The maximum absolute atomic E-state index is 12.7. The molecule has 6 heteroatoms. The van der Waals surface area contributed by atoms with Crippen molar-refractivity contribution in [2.24, 2.45) is 0 Å². The van der Waals surface area contributed by atoms with Gasteiger partial charge in [-0.1, -0.05) is 18.2 Å². The number of carbonyl (C=O) groups excluding carboxylic acids is 1. The Labute approximate surface area is 131 Å². The molecule has 0 aliphatic carbocycles. The van der Waals surface area contributed by atoms with Gasteiger partial charge in [-0.3, -0.25) is 4.79 Å². The van der Waals surface area contributed by atoms with Crippen molar-refractivity contribution in [3.63, 3.8) is 0 Å². The highest BCUT2D eigenvalue weighted by molar-refractivity contribution is 7.91. The molecule has 3 rings (SSSR count). The molecule has 0 atom stereocenters. The lowest BCUT2D eigenvalue weighted by Crippen LogP contribution is -2.56. The lowest BCUT2D eigenvalue weighted by molar-refractivity contribution is -0.104. The molecule has 2 fully saturated rings. The molecule has 1 aromatic carbocycles. The third-order valence-corrected chi connectivity index (χ3v) is 6.30. The molecule has 1 spiro atoms. The zero-order chi connectivity index (χ0) is 15.8. The fraction of sp³-hybridized carbons (Fsp3) is 0.562. The first-order valence-electron chi connectivity index (χ1n) is 7.60. The van der Waals surface area contributed by atoms with Crippen molar-refractivity contribution in [2.75, 3.05) is 31.2 Å². The van der Waals surface area contributed by atoms with Gasteiger partial charge in [0.1, 0.15) is 0 Å². The van der Waals surface area contributed by atoms with E-state index in [0.717, 1.165) is 5.56 Å². The molecular weight excluding hydrogens is 302 g/mol. The number of morpholine rings is 1. The molecule has 0 unspecified atom stereocenters. The molecule has 2 aliphatic rings. The number of hydrogen-bond donors (Lipinski definition) is 0. The van der Waals surface area contributed by atoms with E-state index in [0.29, 0.717) is 38.1 Å². The first-order chi connectivity index (χ1) is 10.4. The van der Waals surface area contributed by atoms with Gasteiger partial charge in [0.15, 0.2) is 9.84 Å². The van der Waals surface area contributed by atoms with E-state index in [2.05, 4.69) is 0 Å². The SMILES string of the molecule is Cc1ccccc1C(=O)N1CCOC2(CCS(=O)(=O)CC2)C1. The Hall–Kier alpha value is -1.40. The van der Waals surface area contributed by atoms with Gasteiger partial charge < -0.3 is 9.64 Å². The van der Waals surface area contributed by atoms with Gasteiger partial charge in [0.25, 0.3) is 5.91 Å². The van der Waals surface area contributed by atoms with Crippen molar-refractivity contribution in [2.45, 2.75) is 25.4 Å². The van der Waals surface area contributed by atoms with Crippen molar-refractivity contribution in [3.8, 4) is 0 Å². The number of nitrogens with zero attached hydrogens (tertiary/aromatic N) is 1. The molecule has 0 radical (unpaired) electrons. The summed E-state index contributed by atoms with van der Waals surface area (Å²) >= 11 is 0. The molecule has 2 saturated heterocycles. The molecule has 0 saturated carbocycles. The number of ether oxygens (including phenoxy) is 1. The fourth-order valence-corrected chi connectivity index (χ4v) is 4.78. The van der Waals surface area contributed by atoms with Gasteiger partial charge in [-0.25, -0.2) is 8.42 Å². The van der Waals surface area contributed by atoms with Gasteiger partial charge >= 0.3 is 0 Å². The van der Waals surface area contributed by atoms with Crippen molar-refractivity contribution >= 4 is 15.7 Å². The second-order valence-corrected chi connectivity index (χ2v) is 8.53. The normalized spacial score (nSPS) is 23.4. The molecule has 120 valence electrons. The molecule has 0 N–H and O–H groups in total. The molecule has 1 amide bonds. The van der Waals surface area contributed by atoms with Gasteiger partial charge in [0.2, 0.25) is 0 Å². The molecule has 2 aliphatic heterocycles. The van der Waals surface area contributed by atoms with Crippen molar-refractivity contribution in [3.05, 3.63) is 35.4 Å². The Morgan fingerprint density at radius 1 is 1.23 bits per heavy atom. The maximum atomic E-state index is 12.7. The number of aryl methyl sites for hydroxylation is 1. The third-order valence-electron chi connectivity index (χ3n) is 4.65. The van der Waals surface area contributed by atoms with E-state index < -0.39 is 15.4 Å². The summed E-state index contributed by atoms with van der Waals surface area (Å²) in [5.41, 5.74) is 1.18. The molecule has 22 heavy (non-hydrogen) atoms. The zero-order valence-corrected chi connectivity index (χ0v) is 13.6. The highest BCUT2D eigenvalue weighted by Crippen LogP contribution is 2.31. The first kappa shape index (κ1) is 15.5. The van der Waals surface area contributed by atoms with E-state index in [4.69, 9.17) is 4.74 Å². The minimum Gasteiger partial charge on any atom is -0.371 e. The van der Waals surface area contributed by atoms with Gasteiger partial charge in [-0.2, -0.15) is 0 Å². The first-order valence-corrected chi connectivity index (χ1v) is 9.42. The Kier molecular flexibility index (Phi) is 3.99. The van der Waals surface area contributed by atoms with Gasteiger partial charge in [0.05, 0.1) is 30.3 Å². The number of hydrogen-bond acceptors (Lipinski definition) is 4.